The van der Waals surface area contributed by atoms with Crippen molar-refractivity contribution in [3.05, 3.63) is 59.7 Å². The quantitative estimate of drug-likeness (QED) is 0.849. The van der Waals surface area contributed by atoms with Gasteiger partial charge in [0.15, 0.2) is 0 Å². The smallest absolute Gasteiger partial charge is 0.122 e. The molecule has 2 rings (SSSR count). The Bertz CT molecular complexity index is 587. The first-order valence-electron chi connectivity index (χ1n) is 6.14. The van der Waals surface area contributed by atoms with Crippen molar-refractivity contribution in [3.63, 3.8) is 0 Å². The van der Waals surface area contributed by atoms with Crippen LogP contribution in [0, 0.1) is 18.3 Å². The van der Waals surface area contributed by atoms with Crippen molar-refractivity contribution < 1.29 is 4.74 Å². The molecule has 0 amide bonds. The predicted octanol–water partition coefficient (Wildman–Crippen LogP) is 3.26. The van der Waals surface area contributed by atoms with Crippen molar-refractivity contribution in [2.75, 3.05) is 12.3 Å². The average Bonchev–Trinajstić information content (AvgIpc) is 2.43. The minimum absolute atomic E-state index is 0.266. The van der Waals surface area contributed by atoms with E-state index in [1.807, 2.05) is 49.4 Å². The molecule has 0 fully saturated rings. The third-order valence-corrected chi connectivity index (χ3v) is 2.96. The van der Waals surface area contributed by atoms with Gasteiger partial charge in [-0.1, -0.05) is 30.3 Å². The molecule has 3 heteroatoms. The van der Waals surface area contributed by atoms with Gasteiger partial charge >= 0.3 is 0 Å². The van der Waals surface area contributed by atoms with Crippen LogP contribution in [0.15, 0.2) is 48.5 Å². The second-order valence-electron chi connectivity index (χ2n) is 4.43. The fourth-order valence-electron chi connectivity index (χ4n) is 1.90. The molecule has 2 N–H and O–H groups in total. The summed E-state index contributed by atoms with van der Waals surface area (Å²) in [6, 6.07) is 17.4. The Morgan fingerprint density at radius 1 is 1.21 bits per heavy atom. The van der Waals surface area contributed by atoms with Crippen LogP contribution in [0.3, 0.4) is 0 Å². The minimum atomic E-state index is -0.266. The summed E-state index contributed by atoms with van der Waals surface area (Å²) in [5.41, 5.74) is 8.35. The summed E-state index contributed by atoms with van der Waals surface area (Å²) in [6.07, 6.45) is 0. The molecule has 2 aromatic rings. The van der Waals surface area contributed by atoms with Gasteiger partial charge in [-0.3, -0.25) is 0 Å². The fraction of sp³-hybridized carbons (Fsp3) is 0.188. The number of nitrogen functional groups attached to an aromatic ring is 1. The lowest BCUT2D eigenvalue weighted by Gasteiger charge is -2.13. The maximum atomic E-state index is 9.22. The fourth-order valence-corrected chi connectivity index (χ4v) is 1.90. The Hall–Kier alpha value is -2.47. The van der Waals surface area contributed by atoms with Crippen molar-refractivity contribution in [3.8, 4) is 11.8 Å². The van der Waals surface area contributed by atoms with Gasteiger partial charge in [-0.05, 0) is 36.2 Å². The van der Waals surface area contributed by atoms with Crippen LogP contribution in [0.25, 0.3) is 0 Å². The van der Waals surface area contributed by atoms with E-state index in [-0.39, 0.29) is 5.92 Å². The first-order valence-corrected chi connectivity index (χ1v) is 6.14. The average molecular weight is 252 g/mol. The molecule has 1 unspecified atom stereocenters. The highest BCUT2D eigenvalue weighted by atomic mass is 16.5. The standard InChI is InChI=1S/C16H16N2O/c1-12-9-15(18)7-8-16(12)19-11-14(10-17)13-5-3-2-4-6-13/h2-9,14H,11,18H2,1H3. The molecule has 0 bridgehead atoms. The van der Waals surface area contributed by atoms with Gasteiger partial charge < -0.3 is 10.5 Å². The van der Waals surface area contributed by atoms with Crippen molar-refractivity contribution >= 4 is 5.69 Å². The summed E-state index contributed by atoms with van der Waals surface area (Å²) in [6.45, 7) is 2.28. The normalized spacial score (nSPS) is 11.6. The molecule has 0 heterocycles. The summed E-state index contributed by atoms with van der Waals surface area (Å²) in [5, 5.41) is 9.22. The highest BCUT2D eigenvalue weighted by Crippen LogP contribution is 2.22. The van der Waals surface area contributed by atoms with Crippen molar-refractivity contribution in [2.45, 2.75) is 12.8 Å². The maximum Gasteiger partial charge on any atom is 0.122 e. The molecule has 2 aromatic carbocycles. The van der Waals surface area contributed by atoms with E-state index in [1.165, 1.54) is 0 Å². The van der Waals surface area contributed by atoms with Crippen LogP contribution >= 0.6 is 0 Å². The minimum Gasteiger partial charge on any atom is -0.492 e. The van der Waals surface area contributed by atoms with Crippen LogP contribution in [0.2, 0.25) is 0 Å². The third-order valence-electron chi connectivity index (χ3n) is 2.96. The number of hydrogen-bond donors (Lipinski definition) is 1. The molecule has 0 spiro atoms. The molecule has 0 aliphatic carbocycles. The van der Waals surface area contributed by atoms with Gasteiger partial charge in [0.25, 0.3) is 0 Å². The molecular weight excluding hydrogens is 236 g/mol. The number of nitrogens with two attached hydrogens (primary N) is 1. The summed E-state index contributed by atoms with van der Waals surface area (Å²) in [5.74, 6) is 0.503. The monoisotopic (exact) mass is 252 g/mol. The van der Waals surface area contributed by atoms with E-state index in [0.717, 1.165) is 16.9 Å². The van der Waals surface area contributed by atoms with E-state index in [2.05, 4.69) is 6.07 Å². The topological polar surface area (TPSA) is 59.0 Å². The van der Waals surface area contributed by atoms with Gasteiger partial charge in [-0.25, -0.2) is 0 Å². The second kappa shape index (κ2) is 5.92. The summed E-state index contributed by atoms with van der Waals surface area (Å²) in [7, 11) is 0. The van der Waals surface area contributed by atoms with E-state index in [1.54, 1.807) is 6.07 Å². The number of hydrogen-bond acceptors (Lipinski definition) is 3. The highest BCUT2D eigenvalue weighted by Gasteiger charge is 2.11. The highest BCUT2D eigenvalue weighted by molar-refractivity contribution is 5.47. The molecule has 0 saturated carbocycles. The first kappa shape index (κ1) is 13.0. The number of ether oxygens (including phenoxy) is 1. The van der Waals surface area contributed by atoms with Crippen molar-refractivity contribution in [1.29, 1.82) is 5.26 Å². The van der Waals surface area contributed by atoms with Crippen molar-refractivity contribution in [1.82, 2.24) is 0 Å². The van der Waals surface area contributed by atoms with Crippen LogP contribution in [-0.2, 0) is 0 Å². The lowest BCUT2D eigenvalue weighted by atomic mass is 10.0. The molecule has 96 valence electrons. The number of nitriles is 1. The van der Waals surface area contributed by atoms with Gasteiger partial charge in [0.2, 0.25) is 0 Å². The van der Waals surface area contributed by atoms with Gasteiger partial charge in [-0.15, -0.1) is 0 Å². The molecular formula is C16H16N2O. The van der Waals surface area contributed by atoms with E-state index in [0.29, 0.717) is 12.3 Å². The lowest BCUT2D eigenvalue weighted by molar-refractivity contribution is 0.306. The number of benzene rings is 2. The third kappa shape index (κ3) is 3.26. The SMILES string of the molecule is Cc1cc(N)ccc1OCC(C#N)c1ccccc1. The van der Waals surface area contributed by atoms with E-state index >= 15 is 0 Å². The predicted molar refractivity (Wildman–Crippen MR) is 75.9 cm³/mol. The number of rotatable bonds is 4. The van der Waals surface area contributed by atoms with Crippen LogP contribution in [0.5, 0.6) is 5.75 Å². The maximum absolute atomic E-state index is 9.22. The number of aryl methyl sites for hydroxylation is 1. The summed E-state index contributed by atoms with van der Waals surface area (Å²) < 4.78 is 5.72. The van der Waals surface area contributed by atoms with Crippen LogP contribution in [0.1, 0.15) is 17.0 Å². The molecule has 0 aliphatic rings. The van der Waals surface area contributed by atoms with Gasteiger partial charge in [0.1, 0.15) is 18.3 Å². The zero-order valence-corrected chi connectivity index (χ0v) is 10.8. The summed E-state index contributed by atoms with van der Waals surface area (Å²) >= 11 is 0. The zero-order valence-electron chi connectivity index (χ0n) is 10.8. The van der Waals surface area contributed by atoms with Gasteiger partial charge in [0.05, 0.1) is 6.07 Å². The van der Waals surface area contributed by atoms with Crippen LogP contribution < -0.4 is 10.5 Å². The van der Waals surface area contributed by atoms with Gasteiger partial charge in [-0.2, -0.15) is 5.26 Å². The molecule has 19 heavy (non-hydrogen) atoms. The first-order chi connectivity index (χ1) is 9.20. The second-order valence-corrected chi connectivity index (χ2v) is 4.43. The number of nitrogens with zero attached hydrogens (tertiary/aromatic N) is 1. The Morgan fingerprint density at radius 2 is 1.95 bits per heavy atom. The van der Waals surface area contributed by atoms with E-state index in [4.69, 9.17) is 10.5 Å². The molecule has 3 nitrogen and oxygen atoms in total. The largest absolute Gasteiger partial charge is 0.492 e. The van der Waals surface area contributed by atoms with Crippen LogP contribution in [0.4, 0.5) is 5.69 Å². The number of anilines is 1. The molecule has 0 aliphatic heterocycles. The Balaban J connectivity index is 2.07. The molecule has 0 radical (unpaired) electrons. The Morgan fingerprint density at radius 3 is 2.58 bits per heavy atom. The molecule has 0 saturated heterocycles. The van der Waals surface area contributed by atoms with Crippen LogP contribution in [-0.4, -0.2) is 6.61 Å². The Kier molecular flexibility index (Phi) is 4.04. The van der Waals surface area contributed by atoms with E-state index in [9.17, 15) is 5.26 Å². The lowest BCUT2D eigenvalue weighted by Crippen LogP contribution is -2.09. The van der Waals surface area contributed by atoms with Crippen molar-refractivity contribution in [2.24, 2.45) is 0 Å². The molecule has 0 aromatic heterocycles. The Labute approximate surface area is 113 Å². The molecule has 1 atom stereocenters. The zero-order chi connectivity index (χ0) is 13.7. The van der Waals surface area contributed by atoms with E-state index < -0.39 is 0 Å². The summed E-state index contributed by atoms with van der Waals surface area (Å²) in [4.78, 5) is 0. The van der Waals surface area contributed by atoms with Gasteiger partial charge in [0, 0.05) is 5.69 Å².